The van der Waals surface area contributed by atoms with Gasteiger partial charge in [0.1, 0.15) is 0 Å². The molecule has 1 heterocycles. The SMILES string of the molecule is CC(C)c1ccc(C=NNC(=O)c2cc(C3CC3)[nH]n2)cc1. The molecule has 2 aromatic rings. The fourth-order valence-corrected chi connectivity index (χ4v) is 2.25. The summed E-state index contributed by atoms with van der Waals surface area (Å²) in [5.74, 6) is 0.765. The van der Waals surface area contributed by atoms with E-state index in [1.165, 1.54) is 18.4 Å². The maximum atomic E-state index is 11.9. The van der Waals surface area contributed by atoms with E-state index in [0.29, 0.717) is 17.5 Å². The van der Waals surface area contributed by atoms with Crippen molar-refractivity contribution in [2.24, 2.45) is 5.10 Å². The fourth-order valence-electron chi connectivity index (χ4n) is 2.25. The van der Waals surface area contributed by atoms with Crippen LogP contribution in [0.2, 0.25) is 0 Å². The molecule has 1 aromatic heterocycles. The first kappa shape index (κ1) is 14.5. The molecule has 22 heavy (non-hydrogen) atoms. The monoisotopic (exact) mass is 296 g/mol. The first-order chi connectivity index (χ1) is 10.6. The molecule has 0 atom stereocenters. The molecule has 5 nitrogen and oxygen atoms in total. The zero-order valence-corrected chi connectivity index (χ0v) is 12.8. The van der Waals surface area contributed by atoms with Gasteiger partial charge in [-0.25, -0.2) is 5.43 Å². The second-order valence-corrected chi connectivity index (χ2v) is 6.00. The number of hydrazone groups is 1. The van der Waals surface area contributed by atoms with Gasteiger partial charge in [-0.2, -0.15) is 10.2 Å². The third-order valence-electron chi connectivity index (χ3n) is 3.83. The Bertz CT molecular complexity index is 681. The van der Waals surface area contributed by atoms with Crippen LogP contribution in [0, 0.1) is 0 Å². The molecule has 1 aliphatic carbocycles. The molecule has 1 aliphatic rings. The smallest absolute Gasteiger partial charge is 0.281 e. The van der Waals surface area contributed by atoms with Gasteiger partial charge in [-0.3, -0.25) is 9.89 Å². The predicted octanol–water partition coefficient (Wildman–Crippen LogP) is 3.17. The first-order valence-electron chi connectivity index (χ1n) is 7.62. The number of nitrogens with zero attached hydrogens (tertiary/aromatic N) is 2. The van der Waals surface area contributed by atoms with Crippen molar-refractivity contribution in [1.82, 2.24) is 15.6 Å². The van der Waals surface area contributed by atoms with E-state index in [2.05, 4.69) is 46.7 Å². The summed E-state index contributed by atoms with van der Waals surface area (Å²) in [5, 5.41) is 10.9. The van der Waals surface area contributed by atoms with Crippen molar-refractivity contribution in [2.75, 3.05) is 0 Å². The van der Waals surface area contributed by atoms with E-state index in [1.54, 1.807) is 12.3 Å². The van der Waals surface area contributed by atoms with E-state index in [1.807, 2.05) is 12.1 Å². The van der Waals surface area contributed by atoms with Crippen molar-refractivity contribution in [1.29, 1.82) is 0 Å². The molecule has 0 unspecified atom stereocenters. The molecule has 2 N–H and O–H groups in total. The Labute approximate surface area is 129 Å². The van der Waals surface area contributed by atoms with E-state index in [-0.39, 0.29) is 5.91 Å². The third-order valence-corrected chi connectivity index (χ3v) is 3.83. The largest absolute Gasteiger partial charge is 0.291 e. The van der Waals surface area contributed by atoms with Crippen molar-refractivity contribution in [3.8, 4) is 0 Å². The predicted molar refractivity (Wildman–Crippen MR) is 86.2 cm³/mol. The van der Waals surface area contributed by atoms with E-state index < -0.39 is 0 Å². The highest BCUT2D eigenvalue weighted by Crippen LogP contribution is 2.38. The van der Waals surface area contributed by atoms with Crippen molar-refractivity contribution in [3.05, 3.63) is 52.8 Å². The average molecular weight is 296 g/mol. The minimum atomic E-state index is -0.293. The lowest BCUT2D eigenvalue weighted by Crippen LogP contribution is -2.18. The van der Waals surface area contributed by atoms with Crippen molar-refractivity contribution in [2.45, 2.75) is 38.5 Å². The summed E-state index contributed by atoms with van der Waals surface area (Å²) in [6, 6.07) is 9.93. The summed E-state index contributed by atoms with van der Waals surface area (Å²) in [5.41, 5.74) is 6.16. The highest BCUT2D eigenvalue weighted by atomic mass is 16.2. The molecule has 0 aliphatic heterocycles. The van der Waals surface area contributed by atoms with Gasteiger partial charge in [-0.1, -0.05) is 38.1 Å². The highest BCUT2D eigenvalue weighted by Gasteiger charge is 2.26. The van der Waals surface area contributed by atoms with Crippen molar-refractivity contribution >= 4 is 12.1 Å². The van der Waals surface area contributed by atoms with Crippen LogP contribution >= 0.6 is 0 Å². The zero-order valence-electron chi connectivity index (χ0n) is 12.8. The van der Waals surface area contributed by atoms with Crippen LogP contribution < -0.4 is 5.43 Å². The van der Waals surface area contributed by atoms with Crippen LogP contribution in [0.15, 0.2) is 35.4 Å². The van der Waals surface area contributed by atoms with Crippen LogP contribution in [0.5, 0.6) is 0 Å². The minimum absolute atomic E-state index is 0.293. The Morgan fingerprint density at radius 3 is 2.73 bits per heavy atom. The molecule has 1 amide bonds. The van der Waals surface area contributed by atoms with E-state index in [0.717, 1.165) is 11.3 Å². The Morgan fingerprint density at radius 1 is 1.36 bits per heavy atom. The minimum Gasteiger partial charge on any atom is -0.281 e. The maximum Gasteiger partial charge on any atom is 0.291 e. The molecule has 0 radical (unpaired) electrons. The quantitative estimate of drug-likeness (QED) is 0.657. The number of benzene rings is 1. The summed E-state index contributed by atoms with van der Waals surface area (Å²) in [6.07, 6.45) is 3.98. The lowest BCUT2D eigenvalue weighted by molar-refractivity contribution is 0.0950. The van der Waals surface area contributed by atoms with Gasteiger partial charge in [0, 0.05) is 11.6 Å². The van der Waals surface area contributed by atoms with Crippen LogP contribution in [0.25, 0.3) is 0 Å². The number of amides is 1. The second-order valence-electron chi connectivity index (χ2n) is 6.00. The van der Waals surface area contributed by atoms with Crippen LogP contribution in [-0.2, 0) is 0 Å². The van der Waals surface area contributed by atoms with E-state index in [9.17, 15) is 4.79 Å². The third kappa shape index (κ3) is 3.42. The topological polar surface area (TPSA) is 70.1 Å². The number of hydrogen-bond donors (Lipinski definition) is 2. The van der Waals surface area contributed by atoms with Gasteiger partial charge in [0.25, 0.3) is 5.91 Å². The lowest BCUT2D eigenvalue weighted by Gasteiger charge is -2.04. The fraction of sp³-hybridized carbons (Fsp3) is 0.353. The Hall–Kier alpha value is -2.43. The van der Waals surface area contributed by atoms with Gasteiger partial charge in [0.05, 0.1) is 6.21 Å². The van der Waals surface area contributed by atoms with Gasteiger partial charge in [-0.15, -0.1) is 0 Å². The van der Waals surface area contributed by atoms with Crippen LogP contribution in [-0.4, -0.2) is 22.3 Å². The normalized spacial score (nSPS) is 14.7. The summed E-state index contributed by atoms with van der Waals surface area (Å²) in [4.78, 5) is 11.9. The summed E-state index contributed by atoms with van der Waals surface area (Å²) < 4.78 is 0. The van der Waals surface area contributed by atoms with Gasteiger partial charge < -0.3 is 0 Å². The number of aromatic nitrogens is 2. The standard InChI is InChI=1S/C17H20N4O/c1-11(2)13-5-3-12(4-6-13)10-18-21-17(22)16-9-15(19-20-16)14-7-8-14/h3-6,9-11,14H,7-8H2,1-2H3,(H,19,20)(H,21,22). The van der Waals surface area contributed by atoms with E-state index >= 15 is 0 Å². The van der Waals surface area contributed by atoms with Gasteiger partial charge >= 0.3 is 0 Å². The molecule has 0 spiro atoms. The summed E-state index contributed by atoms with van der Waals surface area (Å²) in [7, 11) is 0. The molecule has 0 bridgehead atoms. The number of carbonyl (C=O) groups excluding carboxylic acids is 1. The van der Waals surface area contributed by atoms with Gasteiger partial charge in [-0.05, 0) is 36.0 Å². The van der Waals surface area contributed by atoms with Gasteiger partial charge in [0.15, 0.2) is 5.69 Å². The lowest BCUT2D eigenvalue weighted by atomic mass is 10.0. The Balaban J connectivity index is 1.57. The maximum absolute atomic E-state index is 11.9. The number of aromatic amines is 1. The first-order valence-corrected chi connectivity index (χ1v) is 7.62. The molecular weight excluding hydrogens is 276 g/mol. The highest BCUT2D eigenvalue weighted by molar-refractivity contribution is 5.93. The van der Waals surface area contributed by atoms with E-state index in [4.69, 9.17) is 0 Å². The van der Waals surface area contributed by atoms with Crippen molar-refractivity contribution in [3.63, 3.8) is 0 Å². The zero-order chi connectivity index (χ0) is 15.5. The Morgan fingerprint density at radius 2 is 2.09 bits per heavy atom. The molecule has 1 aromatic carbocycles. The number of hydrogen-bond acceptors (Lipinski definition) is 3. The summed E-state index contributed by atoms with van der Waals surface area (Å²) >= 11 is 0. The molecule has 1 saturated carbocycles. The van der Waals surface area contributed by atoms with Crippen LogP contribution in [0.1, 0.15) is 65.8 Å². The number of nitrogens with one attached hydrogen (secondary N) is 2. The van der Waals surface area contributed by atoms with Crippen LogP contribution in [0.3, 0.4) is 0 Å². The molecule has 3 rings (SSSR count). The second kappa shape index (κ2) is 6.13. The number of H-pyrrole nitrogens is 1. The van der Waals surface area contributed by atoms with Gasteiger partial charge in [0.2, 0.25) is 0 Å². The summed E-state index contributed by atoms with van der Waals surface area (Å²) in [6.45, 7) is 4.31. The average Bonchev–Trinajstić information content (AvgIpc) is 3.25. The number of rotatable bonds is 5. The molecular formula is C17H20N4O. The molecule has 0 saturated heterocycles. The number of carbonyl (C=O) groups is 1. The Kier molecular flexibility index (Phi) is 4.04. The van der Waals surface area contributed by atoms with Crippen molar-refractivity contribution < 1.29 is 4.79 Å². The molecule has 114 valence electrons. The molecule has 5 heteroatoms. The molecule has 1 fully saturated rings. The van der Waals surface area contributed by atoms with Crippen LogP contribution in [0.4, 0.5) is 0 Å².